The summed E-state index contributed by atoms with van der Waals surface area (Å²) in [6.45, 7) is 2.54. The predicted octanol–water partition coefficient (Wildman–Crippen LogP) is 0.142. The minimum Gasteiger partial charge on any atom is -0.454 e. The molecule has 0 bridgehead atoms. The van der Waals surface area contributed by atoms with Crippen LogP contribution in [0.5, 0.6) is 0 Å². The van der Waals surface area contributed by atoms with Gasteiger partial charge in [0.1, 0.15) is 12.4 Å². The van der Waals surface area contributed by atoms with Crippen LogP contribution in [0.2, 0.25) is 0 Å². The highest BCUT2D eigenvalue weighted by molar-refractivity contribution is 5.93. The molecule has 0 saturated carbocycles. The molecule has 0 spiro atoms. The van der Waals surface area contributed by atoms with E-state index in [1.807, 2.05) is 0 Å². The Morgan fingerprint density at radius 3 is 2.71 bits per heavy atom. The second-order valence-electron chi connectivity index (χ2n) is 6.21. The molecule has 1 saturated heterocycles. The van der Waals surface area contributed by atoms with Gasteiger partial charge in [0.05, 0.1) is 12.6 Å². The summed E-state index contributed by atoms with van der Waals surface area (Å²) in [5.74, 6) is -3.02. The molecule has 28 heavy (non-hydrogen) atoms. The van der Waals surface area contributed by atoms with Crippen LogP contribution in [0, 0.1) is 5.92 Å². The van der Waals surface area contributed by atoms with E-state index in [4.69, 9.17) is 15.2 Å². The molecule has 1 aromatic heterocycles. The quantitative estimate of drug-likeness (QED) is 0.635. The molecule has 0 aliphatic carbocycles. The third kappa shape index (κ3) is 5.50. The maximum atomic E-state index is 12.1. The fourth-order valence-electron chi connectivity index (χ4n) is 2.12. The Morgan fingerprint density at radius 1 is 1.46 bits per heavy atom. The van der Waals surface area contributed by atoms with Crippen LogP contribution in [0.15, 0.2) is 17.1 Å². The molecule has 2 rings (SSSR count). The minimum absolute atomic E-state index is 0.0167. The molecule has 10 nitrogen and oxygen atoms in total. The Balaban J connectivity index is 1.95. The fourth-order valence-corrected chi connectivity index (χ4v) is 2.12. The molecule has 0 aromatic carbocycles. The average molecular weight is 408 g/mol. The van der Waals surface area contributed by atoms with Gasteiger partial charge in [-0.25, -0.2) is 9.59 Å². The van der Waals surface area contributed by atoms with E-state index < -0.39 is 48.9 Å². The number of anilines is 1. The number of amides is 1. The summed E-state index contributed by atoms with van der Waals surface area (Å²) in [5.41, 5.74) is 4.91. The number of carbonyl (C=O) groups excluding carboxylic acids is 2. The number of nitrogens with two attached hydrogens (primary N) is 1. The molecule has 3 N–H and O–H groups in total. The number of rotatable bonds is 6. The number of alkyl halides is 3. The summed E-state index contributed by atoms with van der Waals surface area (Å²) in [6, 6.07) is 0.545. The van der Waals surface area contributed by atoms with Crippen LogP contribution >= 0.6 is 0 Å². The van der Waals surface area contributed by atoms with Crippen LogP contribution in [0.1, 0.15) is 20.1 Å². The second kappa shape index (κ2) is 8.67. The van der Waals surface area contributed by atoms with E-state index in [0.717, 1.165) is 4.57 Å². The van der Waals surface area contributed by atoms with E-state index in [2.05, 4.69) is 15.0 Å². The molecule has 1 aliphatic rings. The smallest absolute Gasteiger partial charge is 0.454 e. The SMILES string of the molecule is CC(C)C(N)C(=O)Nc1ccn(C2COC(COC(=O)C(F)(F)F)O2)c(=O)n1. The van der Waals surface area contributed by atoms with Crippen molar-refractivity contribution in [3.05, 3.63) is 22.7 Å². The highest BCUT2D eigenvalue weighted by Crippen LogP contribution is 2.22. The lowest BCUT2D eigenvalue weighted by molar-refractivity contribution is -0.208. The summed E-state index contributed by atoms with van der Waals surface area (Å²) in [5, 5.41) is 2.41. The highest BCUT2D eigenvalue weighted by Gasteiger charge is 2.42. The molecular weight excluding hydrogens is 389 g/mol. The van der Waals surface area contributed by atoms with E-state index in [0.29, 0.717) is 0 Å². The lowest BCUT2D eigenvalue weighted by atomic mass is 10.1. The summed E-state index contributed by atoms with van der Waals surface area (Å²) >= 11 is 0. The van der Waals surface area contributed by atoms with Crippen molar-refractivity contribution in [2.75, 3.05) is 18.5 Å². The summed E-state index contributed by atoms with van der Waals surface area (Å²) < 4.78 is 51.6. The third-order valence-corrected chi connectivity index (χ3v) is 3.73. The lowest BCUT2D eigenvalue weighted by Gasteiger charge is -2.16. The summed E-state index contributed by atoms with van der Waals surface area (Å²) in [6.07, 6.45) is -6.12. The number of esters is 1. The standard InChI is InChI=1S/C15H19F3N4O6/c1-7(2)11(19)12(23)20-8-3-4-22(14(25)21-8)9-5-26-10(28-9)6-27-13(24)15(16,17)18/h3-4,7,9-11H,5-6,19H2,1-2H3,(H,20,21,23,25). The first-order chi connectivity index (χ1) is 13.0. The van der Waals surface area contributed by atoms with Crippen molar-refractivity contribution < 1.29 is 37.0 Å². The molecule has 1 amide bonds. The van der Waals surface area contributed by atoms with Crippen molar-refractivity contribution in [2.24, 2.45) is 11.7 Å². The normalized spacial score (nSPS) is 20.8. The van der Waals surface area contributed by atoms with Crippen molar-refractivity contribution in [1.29, 1.82) is 0 Å². The Morgan fingerprint density at radius 2 is 2.14 bits per heavy atom. The number of hydrogen-bond acceptors (Lipinski definition) is 8. The van der Waals surface area contributed by atoms with E-state index >= 15 is 0 Å². The zero-order chi connectivity index (χ0) is 21.1. The van der Waals surface area contributed by atoms with Gasteiger partial charge in [-0.15, -0.1) is 0 Å². The molecule has 13 heteroatoms. The van der Waals surface area contributed by atoms with Crippen LogP contribution < -0.4 is 16.7 Å². The Labute approximate surface area is 156 Å². The Bertz CT molecular complexity index is 782. The Hall–Kier alpha value is -2.51. The number of nitrogens with one attached hydrogen (secondary N) is 1. The molecule has 3 atom stereocenters. The number of carbonyl (C=O) groups is 2. The maximum Gasteiger partial charge on any atom is 0.490 e. The largest absolute Gasteiger partial charge is 0.490 e. The van der Waals surface area contributed by atoms with Gasteiger partial charge in [0, 0.05) is 6.20 Å². The first-order valence-corrected chi connectivity index (χ1v) is 8.15. The summed E-state index contributed by atoms with van der Waals surface area (Å²) in [7, 11) is 0. The van der Waals surface area contributed by atoms with Gasteiger partial charge in [0.25, 0.3) is 0 Å². The first kappa shape index (κ1) is 21.8. The fraction of sp³-hybridized carbons (Fsp3) is 0.600. The van der Waals surface area contributed by atoms with Gasteiger partial charge < -0.3 is 25.3 Å². The van der Waals surface area contributed by atoms with Gasteiger partial charge in [0.2, 0.25) is 5.91 Å². The number of ether oxygens (including phenoxy) is 3. The van der Waals surface area contributed by atoms with Crippen molar-refractivity contribution in [2.45, 2.75) is 38.6 Å². The van der Waals surface area contributed by atoms with E-state index in [1.54, 1.807) is 13.8 Å². The predicted molar refractivity (Wildman–Crippen MR) is 86.8 cm³/mol. The number of halogens is 3. The molecule has 1 fully saturated rings. The molecule has 0 radical (unpaired) electrons. The highest BCUT2D eigenvalue weighted by atomic mass is 19.4. The summed E-state index contributed by atoms with van der Waals surface area (Å²) in [4.78, 5) is 38.4. The van der Waals surface area contributed by atoms with Crippen molar-refractivity contribution >= 4 is 17.7 Å². The van der Waals surface area contributed by atoms with Gasteiger partial charge in [-0.05, 0) is 12.0 Å². The monoisotopic (exact) mass is 408 g/mol. The van der Waals surface area contributed by atoms with Crippen molar-refractivity contribution in [3.8, 4) is 0 Å². The number of nitrogens with zero attached hydrogens (tertiary/aromatic N) is 2. The van der Waals surface area contributed by atoms with Crippen molar-refractivity contribution in [1.82, 2.24) is 9.55 Å². The second-order valence-corrected chi connectivity index (χ2v) is 6.21. The molecule has 1 aliphatic heterocycles. The molecule has 3 unspecified atom stereocenters. The van der Waals surface area contributed by atoms with E-state index in [9.17, 15) is 27.6 Å². The van der Waals surface area contributed by atoms with Gasteiger partial charge in [-0.3, -0.25) is 9.36 Å². The van der Waals surface area contributed by atoms with E-state index in [-0.39, 0.29) is 18.3 Å². The van der Waals surface area contributed by atoms with Crippen molar-refractivity contribution in [3.63, 3.8) is 0 Å². The van der Waals surface area contributed by atoms with Gasteiger partial charge in [-0.1, -0.05) is 13.8 Å². The zero-order valence-electron chi connectivity index (χ0n) is 14.9. The third-order valence-electron chi connectivity index (χ3n) is 3.73. The zero-order valence-corrected chi connectivity index (χ0v) is 14.9. The molecule has 156 valence electrons. The topological polar surface area (TPSA) is 135 Å². The average Bonchev–Trinajstić information content (AvgIpc) is 3.06. The molecular formula is C15H19F3N4O6. The van der Waals surface area contributed by atoms with Crippen LogP contribution in [0.3, 0.4) is 0 Å². The van der Waals surface area contributed by atoms with E-state index in [1.165, 1.54) is 12.3 Å². The number of hydrogen-bond donors (Lipinski definition) is 2. The first-order valence-electron chi connectivity index (χ1n) is 8.15. The van der Waals surface area contributed by atoms with Gasteiger partial charge in [-0.2, -0.15) is 18.2 Å². The van der Waals surface area contributed by atoms with Crippen LogP contribution in [-0.4, -0.2) is 53.1 Å². The molecule has 1 aromatic rings. The lowest BCUT2D eigenvalue weighted by Crippen LogP contribution is -2.40. The van der Waals surface area contributed by atoms with Crippen LogP contribution in [0.25, 0.3) is 0 Å². The minimum atomic E-state index is -5.13. The van der Waals surface area contributed by atoms with Crippen LogP contribution in [0.4, 0.5) is 19.0 Å². The molecule has 2 heterocycles. The Kier molecular flexibility index (Phi) is 6.74. The van der Waals surface area contributed by atoms with Gasteiger partial charge in [0.15, 0.2) is 12.5 Å². The van der Waals surface area contributed by atoms with Gasteiger partial charge >= 0.3 is 17.8 Å². The maximum absolute atomic E-state index is 12.1. The number of aromatic nitrogens is 2. The van der Waals surface area contributed by atoms with Crippen LogP contribution in [-0.2, 0) is 23.8 Å².